The van der Waals surface area contributed by atoms with Gasteiger partial charge in [-0.25, -0.2) is 4.79 Å². The smallest absolute Gasteiger partial charge is 0.335 e. The molecule has 1 aromatic heterocycles. The summed E-state index contributed by atoms with van der Waals surface area (Å²) < 4.78 is 1.06. The Balaban J connectivity index is 1.52. The molecule has 0 radical (unpaired) electrons. The Kier molecular flexibility index (Phi) is 3.93. The van der Waals surface area contributed by atoms with E-state index in [9.17, 15) is 9.90 Å². The molecule has 0 saturated carbocycles. The third kappa shape index (κ3) is 2.66. The van der Waals surface area contributed by atoms with Crippen molar-refractivity contribution < 1.29 is 9.90 Å². The second-order valence-corrected chi connectivity index (χ2v) is 9.28. The Labute approximate surface area is 178 Å². The summed E-state index contributed by atoms with van der Waals surface area (Å²) in [6.07, 6.45) is 3.44. The van der Waals surface area contributed by atoms with E-state index in [1.165, 1.54) is 44.0 Å². The summed E-state index contributed by atoms with van der Waals surface area (Å²) in [4.78, 5) is 12.7. The Morgan fingerprint density at radius 2 is 1.70 bits per heavy atom. The van der Waals surface area contributed by atoms with Crippen molar-refractivity contribution in [2.75, 3.05) is 0 Å². The topological polar surface area (TPSA) is 37.3 Å². The van der Waals surface area contributed by atoms with Gasteiger partial charge in [0.2, 0.25) is 0 Å². The molecule has 3 heteroatoms. The molecule has 1 N–H and O–H groups in total. The average molecular weight is 409 g/mol. The number of hydrogen-bond acceptors (Lipinski definition) is 2. The van der Waals surface area contributed by atoms with Crippen molar-refractivity contribution in [3.05, 3.63) is 94.4 Å². The number of benzene rings is 4. The third-order valence-corrected chi connectivity index (χ3v) is 7.71. The summed E-state index contributed by atoms with van der Waals surface area (Å²) in [5, 5.41) is 15.8. The highest BCUT2D eigenvalue weighted by Gasteiger charge is 2.25. The van der Waals surface area contributed by atoms with Crippen molar-refractivity contribution in [1.29, 1.82) is 0 Å². The lowest BCUT2D eigenvalue weighted by Crippen LogP contribution is -2.10. The van der Waals surface area contributed by atoms with Gasteiger partial charge in [0.05, 0.1) is 5.56 Å². The number of carbonyl (C=O) groups is 1. The summed E-state index contributed by atoms with van der Waals surface area (Å²) in [5.74, 6) is -0.483. The van der Waals surface area contributed by atoms with Crippen LogP contribution in [0.3, 0.4) is 0 Å². The van der Waals surface area contributed by atoms with E-state index in [1.807, 2.05) is 12.1 Å². The molecule has 30 heavy (non-hydrogen) atoms. The highest BCUT2D eigenvalue weighted by atomic mass is 32.1. The fourth-order valence-electron chi connectivity index (χ4n) is 5.06. The van der Waals surface area contributed by atoms with Crippen LogP contribution >= 0.6 is 11.3 Å². The monoisotopic (exact) mass is 408 g/mol. The standard InChI is InChI=1S/C27H20O2S/c28-27(29)18-9-8-17-14-26(30-25(17)15-18)24-7-3-6-20-22-11-10-16-4-1-2-5-19(16)21(22)12-13-23(20)24/h1-2,4-5,8-15,24H,3,6-7H2,(H,28,29). The van der Waals surface area contributed by atoms with Gasteiger partial charge in [0.1, 0.15) is 0 Å². The van der Waals surface area contributed by atoms with Gasteiger partial charge in [-0.05, 0) is 75.5 Å². The highest BCUT2D eigenvalue weighted by Crippen LogP contribution is 2.44. The lowest BCUT2D eigenvalue weighted by atomic mass is 9.79. The normalized spacial score (nSPS) is 16.2. The van der Waals surface area contributed by atoms with Crippen LogP contribution in [0, 0.1) is 0 Å². The number of thiophene rings is 1. The van der Waals surface area contributed by atoms with Crippen molar-refractivity contribution in [3.63, 3.8) is 0 Å². The average Bonchev–Trinajstić information content (AvgIpc) is 3.21. The second-order valence-electron chi connectivity index (χ2n) is 8.17. The zero-order chi connectivity index (χ0) is 20.2. The van der Waals surface area contributed by atoms with Gasteiger partial charge >= 0.3 is 5.97 Å². The maximum atomic E-state index is 11.3. The molecule has 0 aliphatic heterocycles. The molecule has 1 heterocycles. The van der Waals surface area contributed by atoms with E-state index in [2.05, 4.69) is 54.6 Å². The molecule has 146 valence electrons. The van der Waals surface area contributed by atoms with Crippen LogP contribution in [-0.2, 0) is 6.42 Å². The molecule has 1 unspecified atom stereocenters. The molecule has 0 fully saturated rings. The molecular formula is C27H20O2S. The molecule has 1 aliphatic carbocycles. The van der Waals surface area contributed by atoms with Crippen molar-refractivity contribution in [2.45, 2.75) is 25.2 Å². The highest BCUT2D eigenvalue weighted by molar-refractivity contribution is 7.19. The minimum atomic E-state index is -0.867. The Bertz CT molecular complexity index is 1460. The molecule has 2 nitrogen and oxygen atoms in total. The summed E-state index contributed by atoms with van der Waals surface area (Å²) in [6.45, 7) is 0. The third-order valence-electron chi connectivity index (χ3n) is 6.50. The van der Waals surface area contributed by atoms with Crippen LogP contribution in [-0.4, -0.2) is 11.1 Å². The van der Waals surface area contributed by atoms with Gasteiger partial charge in [0.15, 0.2) is 0 Å². The molecule has 1 atom stereocenters. The fraction of sp³-hybridized carbons (Fsp3) is 0.148. The molecule has 0 amide bonds. The van der Waals surface area contributed by atoms with E-state index in [0.29, 0.717) is 11.5 Å². The number of aromatic carboxylic acids is 1. The number of carboxylic acids is 1. The van der Waals surface area contributed by atoms with E-state index in [4.69, 9.17) is 0 Å². The van der Waals surface area contributed by atoms with Crippen molar-refractivity contribution in [2.24, 2.45) is 0 Å². The second kappa shape index (κ2) is 6.68. The van der Waals surface area contributed by atoms with E-state index in [0.717, 1.165) is 22.9 Å². The fourth-order valence-corrected chi connectivity index (χ4v) is 6.32. The maximum absolute atomic E-state index is 11.3. The van der Waals surface area contributed by atoms with Crippen molar-refractivity contribution in [1.82, 2.24) is 0 Å². The quantitative estimate of drug-likeness (QED) is 0.310. The molecule has 6 rings (SSSR count). The lowest BCUT2D eigenvalue weighted by Gasteiger charge is -2.26. The minimum Gasteiger partial charge on any atom is -0.478 e. The van der Waals surface area contributed by atoms with E-state index in [-0.39, 0.29) is 0 Å². The first-order valence-corrected chi connectivity index (χ1v) is 11.2. The molecule has 4 aromatic carbocycles. The molecular weight excluding hydrogens is 388 g/mol. The van der Waals surface area contributed by atoms with Gasteiger partial charge in [0.25, 0.3) is 0 Å². The summed E-state index contributed by atoms with van der Waals surface area (Å²) in [6, 6.07) is 25.5. The molecule has 5 aromatic rings. The maximum Gasteiger partial charge on any atom is 0.335 e. The van der Waals surface area contributed by atoms with Gasteiger partial charge in [0, 0.05) is 15.5 Å². The number of hydrogen-bond donors (Lipinski definition) is 1. The summed E-state index contributed by atoms with van der Waals surface area (Å²) >= 11 is 1.74. The zero-order valence-electron chi connectivity index (χ0n) is 16.4. The number of rotatable bonds is 2. The van der Waals surface area contributed by atoms with Crippen LogP contribution in [0.4, 0.5) is 0 Å². The Hall–Kier alpha value is -3.17. The predicted octanol–water partition coefficient (Wildman–Crippen LogP) is 7.37. The SMILES string of the molecule is O=C(O)c1ccc2cc(C3CCCc4c3ccc3c4ccc4ccccc43)sc2c1. The Morgan fingerprint density at radius 1 is 0.867 bits per heavy atom. The van der Waals surface area contributed by atoms with Crippen LogP contribution < -0.4 is 0 Å². The summed E-state index contributed by atoms with van der Waals surface area (Å²) in [7, 11) is 0. The summed E-state index contributed by atoms with van der Waals surface area (Å²) in [5.41, 5.74) is 3.28. The van der Waals surface area contributed by atoms with Gasteiger partial charge in [-0.3, -0.25) is 0 Å². The van der Waals surface area contributed by atoms with Crippen LogP contribution in [0.2, 0.25) is 0 Å². The largest absolute Gasteiger partial charge is 0.478 e. The predicted molar refractivity (Wildman–Crippen MR) is 125 cm³/mol. The zero-order valence-corrected chi connectivity index (χ0v) is 17.2. The molecule has 1 aliphatic rings. The van der Waals surface area contributed by atoms with Crippen LogP contribution in [0.1, 0.15) is 45.1 Å². The Morgan fingerprint density at radius 3 is 2.60 bits per heavy atom. The van der Waals surface area contributed by atoms with E-state index in [1.54, 1.807) is 17.4 Å². The van der Waals surface area contributed by atoms with Crippen LogP contribution in [0.15, 0.2) is 72.8 Å². The first-order valence-electron chi connectivity index (χ1n) is 10.4. The van der Waals surface area contributed by atoms with E-state index < -0.39 is 5.97 Å². The van der Waals surface area contributed by atoms with Gasteiger partial charge in [-0.2, -0.15) is 0 Å². The number of aryl methyl sites for hydroxylation is 1. The number of carboxylic acid groups (broad SMARTS) is 1. The van der Waals surface area contributed by atoms with Gasteiger partial charge < -0.3 is 5.11 Å². The van der Waals surface area contributed by atoms with Crippen LogP contribution in [0.5, 0.6) is 0 Å². The minimum absolute atomic E-state index is 0.359. The first kappa shape index (κ1) is 17.7. The molecule has 0 spiro atoms. The number of fused-ring (bicyclic) bond motifs is 6. The van der Waals surface area contributed by atoms with Crippen molar-refractivity contribution >= 4 is 48.9 Å². The lowest BCUT2D eigenvalue weighted by molar-refractivity contribution is 0.0697. The van der Waals surface area contributed by atoms with Gasteiger partial charge in [-0.15, -0.1) is 11.3 Å². The van der Waals surface area contributed by atoms with E-state index >= 15 is 0 Å². The molecule has 0 bridgehead atoms. The van der Waals surface area contributed by atoms with Gasteiger partial charge in [-0.1, -0.05) is 54.6 Å². The van der Waals surface area contributed by atoms with Crippen molar-refractivity contribution in [3.8, 4) is 0 Å². The molecule has 0 saturated heterocycles. The van der Waals surface area contributed by atoms with Crippen LogP contribution in [0.25, 0.3) is 31.6 Å². The first-order chi connectivity index (χ1) is 14.7.